The predicted molar refractivity (Wildman–Crippen MR) is 149 cm³/mol. The predicted octanol–water partition coefficient (Wildman–Crippen LogP) is 4.41. The van der Waals surface area contributed by atoms with Crippen LogP contribution in [-0.2, 0) is 26.2 Å². The third kappa shape index (κ3) is 7.05. The van der Waals surface area contributed by atoms with Gasteiger partial charge in [0.25, 0.3) is 10.0 Å². The van der Waals surface area contributed by atoms with Crippen molar-refractivity contribution < 1.29 is 22.7 Å². The number of carbonyl (C=O) groups excluding carboxylic acids is 2. The van der Waals surface area contributed by atoms with Crippen LogP contribution in [0.1, 0.15) is 25.0 Å². The van der Waals surface area contributed by atoms with Crippen molar-refractivity contribution in [1.82, 2.24) is 10.2 Å². The number of rotatable bonds is 11. The average Bonchev–Trinajstić information content (AvgIpc) is 2.90. The van der Waals surface area contributed by atoms with Crippen molar-refractivity contribution in [3.63, 3.8) is 0 Å². The largest absolute Gasteiger partial charge is 0.497 e. The molecule has 0 aliphatic rings. The second-order valence-corrected chi connectivity index (χ2v) is 11.0. The molecule has 202 valence electrons. The summed E-state index contributed by atoms with van der Waals surface area (Å²) in [4.78, 5) is 27.9. The molecule has 10 heteroatoms. The van der Waals surface area contributed by atoms with Crippen LogP contribution in [0.5, 0.6) is 5.75 Å². The van der Waals surface area contributed by atoms with E-state index < -0.39 is 28.5 Å². The summed E-state index contributed by atoms with van der Waals surface area (Å²) in [6, 6.07) is 18.9. The Labute approximate surface area is 229 Å². The van der Waals surface area contributed by atoms with Crippen molar-refractivity contribution in [2.24, 2.45) is 0 Å². The quantitative estimate of drug-likeness (QED) is 0.377. The molecule has 0 bridgehead atoms. The Kier molecular flexibility index (Phi) is 9.77. The molecule has 0 aromatic heterocycles. The fourth-order valence-electron chi connectivity index (χ4n) is 3.95. The number of hydrogen-bond acceptors (Lipinski definition) is 5. The SMILES string of the molecule is CCNC(=O)[C@@H](C)N(Cc1cccc(C)c1)C(=O)CN(c1cccc(Cl)c1)S(=O)(=O)c1ccc(OC)cc1. The van der Waals surface area contributed by atoms with E-state index in [1.807, 2.05) is 31.2 Å². The van der Waals surface area contributed by atoms with Crippen LogP contribution < -0.4 is 14.4 Å². The smallest absolute Gasteiger partial charge is 0.264 e. The van der Waals surface area contributed by atoms with Crippen LogP contribution in [0.3, 0.4) is 0 Å². The highest BCUT2D eigenvalue weighted by Gasteiger charge is 2.32. The van der Waals surface area contributed by atoms with Crippen molar-refractivity contribution in [2.45, 2.75) is 38.3 Å². The van der Waals surface area contributed by atoms with Gasteiger partial charge in [0.15, 0.2) is 0 Å². The molecule has 2 amide bonds. The van der Waals surface area contributed by atoms with E-state index >= 15 is 0 Å². The number of halogens is 1. The molecule has 0 aliphatic carbocycles. The number of hydrogen-bond donors (Lipinski definition) is 1. The van der Waals surface area contributed by atoms with E-state index in [9.17, 15) is 18.0 Å². The summed E-state index contributed by atoms with van der Waals surface area (Å²) < 4.78 is 33.8. The molecule has 1 N–H and O–H groups in total. The van der Waals surface area contributed by atoms with E-state index in [-0.39, 0.29) is 23.0 Å². The minimum atomic E-state index is -4.19. The summed E-state index contributed by atoms with van der Waals surface area (Å²) in [6.07, 6.45) is 0. The molecular formula is C28H32ClN3O5S. The molecule has 0 radical (unpaired) electrons. The molecule has 1 atom stereocenters. The van der Waals surface area contributed by atoms with Gasteiger partial charge in [-0.15, -0.1) is 0 Å². The van der Waals surface area contributed by atoms with E-state index in [4.69, 9.17) is 16.3 Å². The average molecular weight is 558 g/mol. The molecule has 0 spiro atoms. The lowest BCUT2D eigenvalue weighted by Gasteiger charge is -2.32. The molecule has 3 aromatic rings. The number of nitrogens with one attached hydrogen (secondary N) is 1. The van der Waals surface area contributed by atoms with Crippen LogP contribution in [0.15, 0.2) is 77.7 Å². The minimum Gasteiger partial charge on any atom is -0.497 e. The van der Waals surface area contributed by atoms with Gasteiger partial charge in [-0.1, -0.05) is 47.5 Å². The third-order valence-electron chi connectivity index (χ3n) is 5.98. The minimum absolute atomic E-state index is 0.0203. The maximum Gasteiger partial charge on any atom is 0.264 e. The number of benzene rings is 3. The molecule has 8 nitrogen and oxygen atoms in total. The Hall–Kier alpha value is -3.56. The highest BCUT2D eigenvalue weighted by molar-refractivity contribution is 7.92. The number of ether oxygens (including phenoxy) is 1. The molecule has 3 rings (SSSR count). The van der Waals surface area contributed by atoms with E-state index in [0.717, 1.165) is 15.4 Å². The van der Waals surface area contributed by atoms with Crippen molar-refractivity contribution >= 4 is 39.1 Å². The second kappa shape index (κ2) is 12.8. The summed E-state index contributed by atoms with van der Waals surface area (Å²) in [5.41, 5.74) is 2.05. The van der Waals surface area contributed by atoms with Crippen LogP contribution in [0, 0.1) is 6.92 Å². The Bertz CT molecular complexity index is 1380. The number of nitrogens with zero attached hydrogens (tertiary/aromatic N) is 2. The Morgan fingerprint density at radius 3 is 2.32 bits per heavy atom. The monoisotopic (exact) mass is 557 g/mol. The van der Waals surface area contributed by atoms with E-state index in [1.165, 1.54) is 42.3 Å². The van der Waals surface area contributed by atoms with Gasteiger partial charge in [-0.25, -0.2) is 8.42 Å². The highest BCUT2D eigenvalue weighted by Crippen LogP contribution is 2.28. The lowest BCUT2D eigenvalue weighted by molar-refractivity contribution is -0.139. The van der Waals surface area contributed by atoms with Crippen LogP contribution in [0.4, 0.5) is 5.69 Å². The molecule has 3 aromatic carbocycles. The van der Waals surface area contributed by atoms with Crippen molar-refractivity contribution in [2.75, 3.05) is 24.5 Å². The van der Waals surface area contributed by atoms with Crippen LogP contribution in [0.25, 0.3) is 0 Å². The van der Waals surface area contributed by atoms with E-state index in [2.05, 4.69) is 5.32 Å². The molecule has 38 heavy (non-hydrogen) atoms. The standard InChI is InChI=1S/C28H32ClN3O5S/c1-5-30-28(34)21(3)31(18-22-9-6-8-20(2)16-22)27(33)19-32(24-11-7-10-23(29)17-24)38(35,36)26-14-12-25(37-4)13-15-26/h6-17,21H,5,18-19H2,1-4H3,(H,30,34)/t21-/m1/s1. The van der Waals surface area contributed by atoms with Gasteiger partial charge in [-0.2, -0.15) is 0 Å². The number of amides is 2. The van der Waals surface area contributed by atoms with Gasteiger partial charge < -0.3 is 15.0 Å². The maximum atomic E-state index is 13.8. The fourth-order valence-corrected chi connectivity index (χ4v) is 5.54. The Balaban J connectivity index is 2.03. The Morgan fingerprint density at radius 1 is 1.03 bits per heavy atom. The van der Waals surface area contributed by atoms with Gasteiger partial charge in [0.2, 0.25) is 11.8 Å². The zero-order valence-electron chi connectivity index (χ0n) is 21.8. The number of anilines is 1. The lowest BCUT2D eigenvalue weighted by Crippen LogP contribution is -2.51. The third-order valence-corrected chi connectivity index (χ3v) is 8.00. The number of carbonyl (C=O) groups is 2. The normalized spacial score (nSPS) is 11.9. The van der Waals surface area contributed by atoms with Gasteiger partial charge in [0, 0.05) is 18.1 Å². The first kappa shape index (κ1) is 29.0. The second-order valence-electron chi connectivity index (χ2n) is 8.75. The molecule has 0 fully saturated rings. The fraction of sp³-hybridized carbons (Fsp3) is 0.286. The first-order chi connectivity index (χ1) is 18.1. The molecule has 0 saturated heterocycles. The van der Waals surface area contributed by atoms with Gasteiger partial charge in [-0.05, 0) is 68.8 Å². The van der Waals surface area contributed by atoms with Crippen molar-refractivity contribution in [1.29, 1.82) is 0 Å². The molecule has 0 unspecified atom stereocenters. The van der Waals surface area contributed by atoms with Crippen LogP contribution in [-0.4, -0.2) is 51.4 Å². The van der Waals surface area contributed by atoms with Crippen molar-refractivity contribution in [3.8, 4) is 5.75 Å². The molecule has 0 heterocycles. The maximum absolute atomic E-state index is 13.8. The van der Waals surface area contributed by atoms with Gasteiger partial charge in [0.05, 0.1) is 17.7 Å². The van der Waals surface area contributed by atoms with Gasteiger partial charge in [0.1, 0.15) is 18.3 Å². The zero-order valence-corrected chi connectivity index (χ0v) is 23.4. The summed E-state index contributed by atoms with van der Waals surface area (Å²) >= 11 is 6.19. The lowest BCUT2D eigenvalue weighted by atomic mass is 10.1. The van der Waals surface area contributed by atoms with E-state index in [0.29, 0.717) is 17.3 Å². The molecule has 0 saturated carbocycles. The molecular weight excluding hydrogens is 526 g/mol. The van der Waals surface area contributed by atoms with Crippen LogP contribution >= 0.6 is 11.6 Å². The first-order valence-corrected chi connectivity index (χ1v) is 13.9. The summed E-state index contributed by atoms with van der Waals surface area (Å²) in [5, 5.41) is 3.06. The first-order valence-electron chi connectivity index (χ1n) is 12.1. The summed E-state index contributed by atoms with van der Waals surface area (Å²) in [6.45, 7) is 5.34. The van der Waals surface area contributed by atoms with Crippen LogP contribution in [0.2, 0.25) is 5.02 Å². The topological polar surface area (TPSA) is 96.0 Å². The van der Waals surface area contributed by atoms with Gasteiger partial charge in [-0.3, -0.25) is 13.9 Å². The van der Waals surface area contributed by atoms with Gasteiger partial charge >= 0.3 is 0 Å². The summed E-state index contributed by atoms with van der Waals surface area (Å²) in [5.74, 6) is -0.377. The molecule has 0 aliphatic heterocycles. The number of likely N-dealkylation sites (N-methyl/N-ethyl adjacent to an activating group) is 1. The summed E-state index contributed by atoms with van der Waals surface area (Å²) in [7, 11) is -2.70. The van der Waals surface area contributed by atoms with E-state index in [1.54, 1.807) is 32.0 Å². The number of aryl methyl sites for hydroxylation is 1. The Morgan fingerprint density at radius 2 is 1.71 bits per heavy atom. The zero-order chi connectivity index (χ0) is 27.9. The number of methoxy groups -OCH3 is 1. The number of sulfonamides is 1. The highest BCUT2D eigenvalue weighted by atomic mass is 35.5. The van der Waals surface area contributed by atoms with Crippen molar-refractivity contribution in [3.05, 3.63) is 88.9 Å².